The normalized spacial score (nSPS) is 12.0. The maximum atomic E-state index is 2.40. The standard InChI is InChI=1S/C70H42/c1-5-19-45(20-6-1)61-53-27-13-15-29-55(53)63(47-23-9-3-10-24-47)69-59-41-39-49(51-31-17-33-57(65(51)59)67(61)69)43-35-37-44(38-36-43)50-40-42-60-66-52(50)32-18-34-58(66)68-62(46-21-7-2-8-22-46)54-28-14-16-30-56(54)64(70(60)68)48-25-11-4-12-26-48/h1-42H. The van der Waals surface area contributed by atoms with Crippen LogP contribution in [0.2, 0.25) is 0 Å². The molecule has 0 unspecified atom stereocenters. The molecule has 70 heavy (non-hydrogen) atoms. The van der Waals surface area contributed by atoms with Crippen LogP contribution in [0.1, 0.15) is 0 Å². The van der Waals surface area contributed by atoms with Crippen molar-refractivity contribution in [1.82, 2.24) is 0 Å². The second kappa shape index (κ2) is 15.2. The first-order chi connectivity index (χ1) is 34.8. The van der Waals surface area contributed by atoms with Gasteiger partial charge in [-0.05, 0) is 154 Å². The zero-order chi connectivity index (χ0) is 45.9. The minimum absolute atomic E-state index is 1.21. The molecule has 0 atom stereocenters. The van der Waals surface area contributed by atoms with Crippen molar-refractivity contribution in [1.29, 1.82) is 0 Å². The molecule has 13 aromatic carbocycles. The third kappa shape index (κ3) is 5.53. The van der Waals surface area contributed by atoms with E-state index in [1.165, 1.54) is 154 Å². The number of hydrogen-bond acceptors (Lipinski definition) is 0. The van der Waals surface area contributed by atoms with Gasteiger partial charge in [-0.1, -0.05) is 255 Å². The molecule has 0 saturated heterocycles. The molecule has 0 saturated carbocycles. The second-order valence-electron chi connectivity index (χ2n) is 18.9. The fourth-order valence-electron chi connectivity index (χ4n) is 12.6. The van der Waals surface area contributed by atoms with Gasteiger partial charge in [-0.15, -0.1) is 0 Å². The molecule has 15 rings (SSSR count). The van der Waals surface area contributed by atoms with Gasteiger partial charge >= 0.3 is 0 Å². The van der Waals surface area contributed by atoms with Crippen LogP contribution in [0.3, 0.4) is 0 Å². The molecule has 0 aliphatic heterocycles. The molecule has 0 aromatic heterocycles. The van der Waals surface area contributed by atoms with Crippen LogP contribution in [0, 0.1) is 0 Å². The first-order valence-corrected chi connectivity index (χ1v) is 24.4. The average Bonchev–Trinajstić information content (AvgIpc) is 3.95. The van der Waals surface area contributed by atoms with Crippen LogP contribution in [0.5, 0.6) is 0 Å². The molecule has 322 valence electrons. The van der Waals surface area contributed by atoms with Gasteiger partial charge in [0.05, 0.1) is 0 Å². The molecule has 0 radical (unpaired) electrons. The van der Waals surface area contributed by atoms with Crippen molar-refractivity contribution >= 4 is 43.1 Å². The number of hydrogen-bond donors (Lipinski definition) is 0. The monoisotopic (exact) mass is 882 g/mol. The fraction of sp³-hybridized carbons (Fsp3) is 0. The molecule has 0 heteroatoms. The van der Waals surface area contributed by atoms with Gasteiger partial charge in [-0.3, -0.25) is 0 Å². The van der Waals surface area contributed by atoms with Crippen molar-refractivity contribution < 1.29 is 0 Å². The topological polar surface area (TPSA) is 0 Å². The van der Waals surface area contributed by atoms with Crippen LogP contribution >= 0.6 is 0 Å². The van der Waals surface area contributed by atoms with E-state index in [1.807, 2.05) is 0 Å². The summed E-state index contributed by atoms with van der Waals surface area (Å²) < 4.78 is 0. The summed E-state index contributed by atoms with van der Waals surface area (Å²) in [6.07, 6.45) is 0. The van der Waals surface area contributed by atoms with Crippen molar-refractivity contribution in [2.75, 3.05) is 0 Å². The fourth-order valence-corrected chi connectivity index (χ4v) is 12.6. The maximum Gasteiger partial charge on any atom is -0.000741 e. The Morgan fingerprint density at radius 3 is 0.671 bits per heavy atom. The summed E-state index contributed by atoms with van der Waals surface area (Å²) >= 11 is 0. The lowest BCUT2D eigenvalue weighted by atomic mass is 9.82. The van der Waals surface area contributed by atoms with Gasteiger partial charge in [0.15, 0.2) is 0 Å². The van der Waals surface area contributed by atoms with Crippen LogP contribution in [0.15, 0.2) is 255 Å². The third-order valence-corrected chi connectivity index (χ3v) is 15.3. The van der Waals surface area contributed by atoms with Crippen LogP contribution in [0.25, 0.3) is 154 Å². The van der Waals surface area contributed by atoms with Crippen molar-refractivity contribution in [2.45, 2.75) is 0 Å². The van der Waals surface area contributed by atoms with Gasteiger partial charge in [-0.25, -0.2) is 0 Å². The average molecular weight is 883 g/mol. The molecular formula is C70H42. The molecule has 13 aromatic rings. The van der Waals surface area contributed by atoms with Crippen LogP contribution in [-0.2, 0) is 0 Å². The van der Waals surface area contributed by atoms with Crippen LogP contribution in [-0.4, -0.2) is 0 Å². The predicted octanol–water partition coefficient (Wildman–Crippen LogP) is 19.6. The largest absolute Gasteiger partial charge is 0.0622 e. The molecule has 0 spiro atoms. The Morgan fingerprint density at radius 1 is 0.129 bits per heavy atom. The van der Waals surface area contributed by atoms with Gasteiger partial charge in [0.2, 0.25) is 0 Å². The lowest BCUT2D eigenvalue weighted by Gasteiger charge is -2.20. The first-order valence-electron chi connectivity index (χ1n) is 24.4. The van der Waals surface area contributed by atoms with Crippen LogP contribution < -0.4 is 0 Å². The Kier molecular flexibility index (Phi) is 8.46. The van der Waals surface area contributed by atoms with Crippen LogP contribution in [0.4, 0.5) is 0 Å². The zero-order valence-electron chi connectivity index (χ0n) is 38.2. The van der Waals surface area contributed by atoms with Gasteiger partial charge in [0, 0.05) is 0 Å². The summed E-state index contributed by atoms with van der Waals surface area (Å²) in [5, 5.41) is 10.3. The van der Waals surface area contributed by atoms with Crippen molar-refractivity contribution in [3.8, 4) is 111 Å². The molecule has 0 heterocycles. The highest BCUT2D eigenvalue weighted by Crippen LogP contribution is 2.60. The van der Waals surface area contributed by atoms with E-state index in [-0.39, 0.29) is 0 Å². The highest BCUT2D eigenvalue weighted by Gasteiger charge is 2.33. The quantitative estimate of drug-likeness (QED) is 0.156. The third-order valence-electron chi connectivity index (χ3n) is 15.3. The van der Waals surface area contributed by atoms with E-state index in [4.69, 9.17) is 0 Å². The summed E-state index contributed by atoms with van der Waals surface area (Å²) in [5.41, 5.74) is 25.6. The van der Waals surface area contributed by atoms with Crippen molar-refractivity contribution in [3.63, 3.8) is 0 Å². The second-order valence-corrected chi connectivity index (χ2v) is 18.9. The van der Waals surface area contributed by atoms with Crippen molar-refractivity contribution in [3.05, 3.63) is 255 Å². The van der Waals surface area contributed by atoms with E-state index < -0.39 is 0 Å². The molecular weight excluding hydrogens is 841 g/mol. The Bertz CT molecular complexity index is 3810. The van der Waals surface area contributed by atoms with E-state index in [1.54, 1.807) is 0 Å². The molecule has 0 bridgehead atoms. The van der Waals surface area contributed by atoms with Crippen molar-refractivity contribution in [2.24, 2.45) is 0 Å². The van der Waals surface area contributed by atoms with E-state index in [0.717, 1.165) is 0 Å². The van der Waals surface area contributed by atoms with E-state index >= 15 is 0 Å². The molecule has 0 N–H and O–H groups in total. The Labute approximate surface area is 407 Å². The Morgan fingerprint density at radius 2 is 0.371 bits per heavy atom. The number of fused-ring (bicyclic) bond motifs is 8. The zero-order valence-corrected chi connectivity index (χ0v) is 38.2. The predicted molar refractivity (Wildman–Crippen MR) is 298 cm³/mol. The number of benzene rings is 13. The molecule has 2 aliphatic rings. The smallest absolute Gasteiger partial charge is 0.000741 e. The van der Waals surface area contributed by atoms with Gasteiger partial charge in [0.1, 0.15) is 0 Å². The molecule has 0 nitrogen and oxygen atoms in total. The summed E-state index contributed by atoms with van der Waals surface area (Å²) in [4.78, 5) is 0. The van der Waals surface area contributed by atoms with E-state index in [0.29, 0.717) is 0 Å². The maximum absolute atomic E-state index is 2.40. The molecule has 2 aliphatic carbocycles. The summed E-state index contributed by atoms with van der Waals surface area (Å²) in [6.45, 7) is 0. The highest BCUT2D eigenvalue weighted by molar-refractivity contribution is 6.30. The lowest BCUT2D eigenvalue weighted by molar-refractivity contribution is 1.62. The minimum Gasteiger partial charge on any atom is -0.0622 e. The van der Waals surface area contributed by atoms with Gasteiger partial charge in [-0.2, -0.15) is 0 Å². The van der Waals surface area contributed by atoms with E-state index in [9.17, 15) is 0 Å². The summed E-state index contributed by atoms with van der Waals surface area (Å²) in [5.74, 6) is 0. The van der Waals surface area contributed by atoms with Gasteiger partial charge < -0.3 is 0 Å². The van der Waals surface area contributed by atoms with Gasteiger partial charge in [0.25, 0.3) is 0 Å². The minimum atomic E-state index is 1.21. The van der Waals surface area contributed by atoms with E-state index in [2.05, 4.69) is 255 Å². The molecule has 0 amide bonds. The SMILES string of the molecule is c1ccc(-c2c3c(c(-c4ccccc4)c4ccccc24)-c2ccc(-c4ccc(-c5ccc6c7c(cccc57)-c5c-6c(-c6ccccc6)c6ccccc6c5-c5ccccc5)cc4)c4cccc-3c24)cc1. The number of rotatable bonds is 6. The summed E-state index contributed by atoms with van der Waals surface area (Å²) in [6, 6.07) is 94.8. The molecule has 0 fully saturated rings. The Hall–Kier alpha value is -9.10. The highest BCUT2D eigenvalue weighted by atomic mass is 14.4. The lowest BCUT2D eigenvalue weighted by Crippen LogP contribution is -1.93. The first kappa shape index (κ1) is 38.9. The Balaban J connectivity index is 0.903. The summed E-state index contributed by atoms with van der Waals surface area (Å²) in [7, 11) is 0.